The molecule has 4 nitrogen and oxygen atoms in total. The van der Waals surface area contributed by atoms with Crippen molar-refractivity contribution in [1.82, 2.24) is 4.57 Å². The smallest absolute Gasteiger partial charge is 0.171 e. The molecule has 1 unspecified atom stereocenters. The maximum atomic E-state index is 9.53. The molecule has 2 aromatic carbocycles. The number of nitriles is 1. The molecule has 0 aliphatic carbocycles. The summed E-state index contributed by atoms with van der Waals surface area (Å²) in [4.78, 5) is 0. The number of fused-ring (bicyclic) bond motifs is 1. The minimum Gasteiger partial charge on any atom is -0.493 e. The lowest BCUT2D eigenvalue weighted by Gasteiger charge is -2.16. The van der Waals surface area contributed by atoms with Gasteiger partial charge in [0.2, 0.25) is 0 Å². The van der Waals surface area contributed by atoms with Gasteiger partial charge >= 0.3 is 0 Å². The molecule has 1 atom stereocenters. The van der Waals surface area contributed by atoms with Crippen molar-refractivity contribution in [3.63, 3.8) is 0 Å². The topological polar surface area (TPSA) is 47.2 Å². The van der Waals surface area contributed by atoms with Crippen LogP contribution in [0, 0.1) is 11.3 Å². The number of hydrogen-bond acceptors (Lipinski definition) is 3. The van der Waals surface area contributed by atoms with Crippen molar-refractivity contribution in [1.29, 1.82) is 5.26 Å². The molecule has 1 heterocycles. The van der Waals surface area contributed by atoms with Crippen molar-refractivity contribution in [2.45, 2.75) is 13.0 Å². The van der Waals surface area contributed by atoms with Crippen LogP contribution in [-0.2, 0) is 0 Å². The second kappa shape index (κ2) is 6.05. The fraction of sp³-hybridized carbons (Fsp3) is 0.211. The van der Waals surface area contributed by atoms with Gasteiger partial charge in [-0.05, 0) is 24.6 Å². The first-order valence-electron chi connectivity index (χ1n) is 7.41. The van der Waals surface area contributed by atoms with E-state index in [1.165, 1.54) is 5.56 Å². The Hall–Kier alpha value is -2.93. The van der Waals surface area contributed by atoms with Crippen molar-refractivity contribution in [2.75, 3.05) is 14.2 Å². The molecule has 3 aromatic rings. The minimum atomic E-state index is 0.110. The van der Waals surface area contributed by atoms with Gasteiger partial charge in [-0.15, -0.1) is 0 Å². The van der Waals surface area contributed by atoms with E-state index in [2.05, 4.69) is 29.7 Å². The summed E-state index contributed by atoms with van der Waals surface area (Å²) in [6.45, 7) is 2.12. The zero-order valence-corrected chi connectivity index (χ0v) is 13.4. The van der Waals surface area contributed by atoms with Crippen LogP contribution in [0.2, 0.25) is 0 Å². The minimum absolute atomic E-state index is 0.110. The lowest BCUT2D eigenvalue weighted by molar-refractivity contribution is 0.358. The van der Waals surface area contributed by atoms with Crippen LogP contribution < -0.4 is 9.47 Å². The summed E-state index contributed by atoms with van der Waals surface area (Å²) in [6.07, 6.45) is 1.88. The van der Waals surface area contributed by atoms with Gasteiger partial charge in [-0.25, -0.2) is 0 Å². The van der Waals surface area contributed by atoms with E-state index in [1.807, 2.05) is 36.5 Å². The van der Waals surface area contributed by atoms with Gasteiger partial charge in [0.15, 0.2) is 11.5 Å². The molecule has 0 amide bonds. The van der Waals surface area contributed by atoms with Gasteiger partial charge in [-0.2, -0.15) is 5.26 Å². The van der Waals surface area contributed by atoms with Crippen LogP contribution >= 0.6 is 0 Å². The Morgan fingerprint density at radius 2 is 1.78 bits per heavy atom. The van der Waals surface area contributed by atoms with Crippen molar-refractivity contribution >= 4 is 10.9 Å². The molecule has 0 aliphatic heterocycles. The normalized spacial score (nSPS) is 11.9. The van der Waals surface area contributed by atoms with E-state index in [0.29, 0.717) is 17.1 Å². The molecule has 0 fully saturated rings. The molecule has 0 spiro atoms. The summed E-state index contributed by atoms with van der Waals surface area (Å²) in [5, 5.41) is 10.3. The van der Waals surface area contributed by atoms with E-state index in [0.717, 1.165) is 10.9 Å². The van der Waals surface area contributed by atoms with Crippen molar-refractivity contribution < 1.29 is 9.47 Å². The van der Waals surface area contributed by atoms with Crippen LogP contribution in [0.1, 0.15) is 24.1 Å². The molecule has 3 rings (SSSR count). The third-order valence-electron chi connectivity index (χ3n) is 4.16. The first-order chi connectivity index (χ1) is 11.2. The lowest BCUT2D eigenvalue weighted by Crippen LogP contribution is -2.05. The van der Waals surface area contributed by atoms with Crippen LogP contribution in [0.3, 0.4) is 0 Å². The number of hydrogen-bond donors (Lipinski definition) is 0. The van der Waals surface area contributed by atoms with Crippen molar-refractivity contribution in [2.24, 2.45) is 0 Å². The van der Waals surface area contributed by atoms with E-state index in [9.17, 15) is 5.26 Å². The van der Waals surface area contributed by atoms with Gasteiger partial charge in [-0.1, -0.05) is 30.3 Å². The Balaban J connectivity index is 2.26. The zero-order valence-electron chi connectivity index (χ0n) is 13.4. The van der Waals surface area contributed by atoms with Crippen molar-refractivity contribution in [3.8, 4) is 17.6 Å². The highest BCUT2D eigenvalue weighted by Gasteiger charge is 2.20. The Bertz CT molecular complexity index is 876. The highest BCUT2D eigenvalue weighted by atomic mass is 16.5. The quantitative estimate of drug-likeness (QED) is 0.728. The van der Waals surface area contributed by atoms with Gasteiger partial charge < -0.3 is 14.0 Å². The number of nitrogens with zero attached hydrogens (tertiary/aromatic N) is 2. The zero-order chi connectivity index (χ0) is 16.4. The molecule has 1 aromatic heterocycles. The molecule has 0 radical (unpaired) electrons. The third kappa shape index (κ3) is 2.40. The molecule has 0 N–H and O–H groups in total. The van der Waals surface area contributed by atoms with E-state index >= 15 is 0 Å². The Morgan fingerprint density at radius 1 is 1.04 bits per heavy atom. The molecular weight excluding hydrogens is 288 g/mol. The molecule has 0 bridgehead atoms. The molecule has 23 heavy (non-hydrogen) atoms. The summed E-state index contributed by atoms with van der Waals surface area (Å²) >= 11 is 0. The van der Waals surface area contributed by atoms with Gasteiger partial charge in [-0.3, -0.25) is 0 Å². The fourth-order valence-electron chi connectivity index (χ4n) is 2.96. The molecule has 0 saturated heterocycles. The molecule has 0 aliphatic rings. The van der Waals surface area contributed by atoms with Crippen LogP contribution in [0.4, 0.5) is 0 Å². The maximum absolute atomic E-state index is 9.53. The number of ether oxygens (including phenoxy) is 2. The Morgan fingerprint density at radius 3 is 2.39 bits per heavy atom. The highest BCUT2D eigenvalue weighted by Crippen LogP contribution is 2.39. The summed E-state index contributed by atoms with van der Waals surface area (Å²) < 4.78 is 13.0. The van der Waals surface area contributed by atoms with E-state index in [-0.39, 0.29) is 6.04 Å². The maximum Gasteiger partial charge on any atom is 0.171 e. The van der Waals surface area contributed by atoms with Crippen molar-refractivity contribution in [3.05, 3.63) is 59.8 Å². The number of benzene rings is 2. The van der Waals surface area contributed by atoms with Crippen LogP contribution in [-0.4, -0.2) is 18.8 Å². The number of methoxy groups -OCH3 is 2. The molecule has 116 valence electrons. The SMILES string of the molecule is COc1ccc2c(c(C#N)cn2C(C)c2ccccc2)c1OC. The first kappa shape index (κ1) is 15.0. The Kier molecular flexibility index (Phi) is 3.94. The van der Waals surface area contributed by atoms with E-state index in [1.54, 1.807) is 14.2 Å². The standard InChI is InChI=1S/C19H18N2O2/c1-13(14-7-5-4-6-8-14)21-12-15(11-20)18-16(21)9-10-17(22-2)19(18)23-3/h4-10,12-13H,1-3H3. The van der Waals surface area contributed by atoms with Crippen LogP contribution in [0.15, 0.2) is 48.7 Å². The number of aromatic nitrogens is 1. The average Bonchev–Trinajstić information content (AvgIpc) is 2.99. The van der Waals surface area contributed by atoms with Gasteiger partial charge in [0.25, 0.3) is 0 Å². The predicted molar refractivity (Wildman–Crippen MR) is 90.0 cm³/mol. The summed E-state index contributed by atoms with van der Waals surface area (Å²) in [5.41, 5.74) is 2.72. The van der Waals surface area contributed by atoms with Gasteiger partial charge in [0, 0.05) is 6.20 Å². The second-order valence-electron chi connectivity index (χ2n) is 5.34. The molecule has 0 saturated carbocycles. The van der Waals surface area contributed by atoms with Crippen LogP contribution in [0.25, 0.3) is 10.9 Å². The highest BCUT2D eigenvalue weighted by molar-refractivity contribution is 5.94. The van der Waals surface area contributed by atoms with Crippen LogP contribution in [0.5, 0.6) is 11.5 Å². The van der Waals surface area contributed by atoms with E-state index in [4.69, 9.17) is 9.47 Å². The summed E-state index contributed by atoms with van der Waals surface area (Å²) in [6, 6.07) is 16.4. The monoisotopic (exact) mass is 306 g/mol. The molecular formula is C19H18N2O2. The molecule has 4 heteroatoms. The Labute approximate surface area is 135 Å². The number of rotatable bonds is 4. The second-order valence-corrected chi connectivity index (χ2v) is 5.34. The average molecular weight is 306 g/mol. The third-order valence-corrected chi connectivity index (χ3v) is 4.16. The summed E-state index contributed by atoms with van der Waals surface area (Å²) in [5.74, 6) is 1.22. The van der Waals surface area contributed by atoms with E-state index < -0.39 is 0 Å². The first-order valence-corrected chi connectivity index (χ1v) is 7.41. The fourth-order valence-corrected chi connectivity index (χ4v) is 2.96. The lowest BCUT2D eigenvalue weighted by atomic mass is 10.1. The summed E-state index contributed by atoms with van der Waals surface area (Å²) in [7, 11) is 3.19. The van der Waals surface area contributed by atoms with Gasteiger partial charge in [0.1, 0.15) is 6.07 Å². The largest absolute Gasteiger partial charge is 0.493 e. The predicted octanol–water partition coefficient (Wildman–Crippen LogP) is 4.14. The van der Waals surface area contributed by atoms with Gasteiger partial charge in [0.05, 0.1) is 36.7 Å².